The topological polar surface area (TPSA) is 55.1 Å². The Morgan fingerprint density at radius 3 is 1.86 bits per heavy atom. The normalized spacial score (nSPS) is 9.05. The first-order chi connectivity index (χ1) is 10.0. The van der Waals surface area contributed by atoms with Crippen LogP contribution in [0.5, 0.6) is 0 Å². The molecule has 3 N–H and O–H groups in total. The largest absolute Gasteiger partial charge is 0.399 e. The number of hydrogen-bond donors (Lipinski definition) is 2. The molecular weight excluding hydrogens is 340 g/mol. The maximum atomic E-state index is 11.2. The van der Waals surface area contributed by atoms with E-state index in [1.807, 2.05) is 62.4 Å². The minimum absolute atomic E-state index is 0. The van der Waals surface area contributed by atoms with Crippen molar-refractivity contribution in [2.45, 2.75) is 27.7 Å². The Morgan fingerprint density at radius 1 is 1.00 bits per heavy atom. The molecule has 0 fully saturated rings. The first-order valence-electron chi connectivity index (χ1n) is 6.76. The summed E-state index contributed by atoms with van der Waals surface area (Å²) in [5.74, 6) is 0.0423. The zero-order chi connectivity index (χ0) is 15.7. The number of aryl methyl sites for hydroxylation is 2. The first-order valence-corrected chi connectivity index (χ1v) is 7.88. The van der Waals surface area contributed by atoms with Crippen molar-refractivity contribution >= 4 is 33.2 Å². The monoisotopic (exact) mass is 364 g/mol. The van der Waals surface area contributed by atoms with Crippen molar-refractivity contribution in [2.75, 3.05) is 16.4 Å². The van der Waals surface area contributed by atoms with E-state index in [-0.39, 0.29) is 13.3 Å². The maximum absolute atomic E-state index is 11.2. The Kier molecular flexibility index (Phi) is 9.96. The highest BCUT2D eigenvalue weighted by atomic mass is 79.9. The molecule has 0 saturated carbocycles. The summed E-state index contributed by atoms with van der Waals surface area (Å²) in [4.78, 5) is 11.2. The van der Waals surface area contributed by atoms with Crippen LogP contribution in [-0.4, -0.2) is 11.2 Å². The molecule has 22 heavy (non-hydrogen) atoms. The molecule has 2 aromatic rings. The number of amides is 1. The number of carbonyl (C=O) groups is 1. The third-order valence-corrected chi connectivity index (χ3v) is 3.13. The smallest absolute Gasteiger partial charge is 0.225 e. The molecule has 2 aromatic carbocycles. The molecule has 0 saturated heterocycles. The summed E-state index contributed by atoms with van der Waals surface area (Å²) < 4.78 is 0. The summed E-state index contributed by atoms with van der Waals surface area (Å²) in [5, 5.41) is 3.50. The van der Waals surface area contributed by atoms with Crippen molar-refractivity contribution in [1.29, 1.82) is 0 Å². The minimum atomic E-state index is 0. The average Bonchev–Trinajstić information content (AvgIpc) is 2.46. The van der Waals surface area contributed by atoms with Crippen LogP contribution in [0.1, 0.15) is 25.0 Å². The second kappa shape index (κ2) is 10.9. The Bertz CT molecular complexity index is 529. The van der Waals surface area contributed by atoms with Crippen molar-refractivity contribution in [3.05, 3.63) is 59.7 Å². The fourth-order valence-electron chi connectivity index (χ4n) is 1.51. The maximum Gasteiger partial charge on any atom is 0.225 e. The van der Waals surface area contributed by atoms with Crippen LogP contribution in [0.3, 0.4) is 0 Å². The second-order valence-electron chi connectivity index (χ2n) is 4.76. The van der Waals surface area contributed by atoms with Gasteiger partial charge in [-0.15, -0.1) is 0 Å². The first kappa shape index (κ1) is 20.2. The van der Waals surface area contributed by atoms with E-state index in [2.05, 4.69) is 21.2 Å². The standard InChI is InChI=1S/C10H12BrNO.C7H9N.CH4/c1-8-2-4-9(5-3-8)12-10(13)6-7-11;1-6-2-4-7(8)5-3-6;/h2-5H,6-7H2,1H3,(H,12,13);2-5H,8H2,1H3;1H4. The van der Waals surface area contributed by atoms with E-state index in [1.165, 1.54) is 11.1 Å². The number of rotatable bonds is 3. The molecule has 0 heterocycles. The number of carbonyl (C=O) groups excluding carboxylic acids is 1. The van der Waals surface area contributed by atoms with Crippen LogP contribution in [0.25, 0.3) is 0 Å². The number of benzene rings is 2. The van der Waals surface area contributed by atoms with Gasteiger partial charge >= 0.3 is 0 Å². The average molecular weight is 365 g/mol. The van der Waals surface area contributed by atoms with Crippen LogP contribution in [0, 0.1) is 13.8 Å². The second-order valence-corrected chi connectivity index (χ2v) is 5.56. The molecule has 0 aliphatic carbocycles. The molecule has 1 amide bonds. The summed E-state index contributed by atoms with van der Waals surface area (Å²) >= 11 is 3.21. The van der Waals surface area contributed by atoms with Crippen LogP contribution in [0.15, 0.2) is 48.5 Å². The summed E-state index contributed by atoms with van der Waals surface area (Å²) in [5.41, 5.74) is 9.56. The number of hydrogen-bond acceptors (Lipinski definition) is 2. The SMILES string of the molecule is C.Cc1ccc(N)cc1.Cc1ccc(NC(=O)CCBr)cc1. The summed E-state index contributed by atoms with van der Waals surface area (Å²) in [6, 6.07) is 15.5. The third-order valence-electron chi connectivity index (χ3n) is 2.73. The number of halogens is 1. The van der Waals surface area contributed by atoms with E-state index in [0.29, 0.717) is 11.8 Å². The summed E-state index contributed by atoms with van der Waals surface area (Å²) in [6.45, 7) is 4.06. The van der Waals surface area contributed by atoms with E-state index in [0.717, 1.165) is 11.4 Å². The number of nitrogens with one attached hydrogen (secondary N) is 1. The molecule has 0 radical (unpaired) electrons. The van der Waals surface area contributed by atoms with Gasteiger partial charge in [-0.3, -0.25) is 4.79 Å². The van der Waals surface area contributed by atoms with Crippen LogP contribution in [0.4, 0.5) is 11.4 Å². The molecule has 3 nitrogen and oxygen atoms in total. The predicted octanol–water partition coefficient (Wildman–Crippen LogP) is 4.93. The zero-order valence-electron chi connectivity index (χ0n) is 12.4. The Morgan fingerprint density at radius 2 is 1.45 bits per heavy atom. The fourth-order valence-corrected chi connectivity index (χ4v) is 1.87. The van der Waals surface area contributed by atoms with E-state index < -0.39 is 0 Å². The molecule has 0 aliphatic rings. The van der Waals surface area contributed by atoms with E-state index in [1.54, 1.807) is 0 Å². The minimum Gasteiger partial charge on any atom is -0.399 e. The molecule has 120 valence electrons. The van der Waals surface area contributed by atoms with Gasteiger partial charge < -0.3 is 11.1 Å². The molecule has 0 aromatic heterocycles. The molecule has 0 bridgehead atoms. The van der Waals surface area contributed by atoms with E-state index >= 15 is 0 Å². The highest BCUT2D eigenvalue weighted by molar-refractivity contribution is 9.09. The van der Waals surface area contributed by atoms with E-state index in [4.69, 9.17) is 5.73 Å². The Labute approximate surface area is 142 Å². The fraction of sp³-hybridized carbons (Fsp3) is 0.278. The van der Waals surface area contributed by atoms with Crippen molar-refractivity contribution in [2.24, 2.45) is 0 Å². The van der Waals surface area contributed by atoms with Crippen molar-refractivity contribution < 1.29 is 4.79 Å². The van der Waals surface area contributed by atoms with Gasteiger partial charge in [-0.1, -0.05) is 58.7 Å². The van der Waals surface area contributed by atoms with Gasteiger partial charge in [-0.05, 0) is 38.1 Å². The molecule has 4 heteroatoms. The Balaban J connectivity index is 0.000000423. The number of nitrogens with two attached hydrogens (primary N) is 1. The molecule has 0 spiro atoms. The van der Waals surface area contributed by atoms with Crippen LogP contribution in [-0.2, 0) is 4.79 Å². The van der Waals surface area contributed by atoms with Gasteiger partial charge in [-0.25, -0.2) is 0 Å². The summed E-state index contributed by atoms with van der Waals surface area (Å²) in [6.07, 6.45) is 0.508. The molecular formula is C18H25BrN2O. The van der Waals surface area contributed by atoms with Gasteiger partial charge in [0.2, 0.25) is 5.91 Å². The predicted molar refractivity (Wildman–Crippen MR) is 101 cm³/mol. The number of anilines is 2. The third kappa shape index (κ3) is 8.47. The lowest BCUT2D eigenvalue weighted by atomic mass is 10.2. The number of nitrogen functional groups attached to an aromatic ring is 1. The van der Waals surface area contributed by atoms with Gasteiger partial charge in [0.1, 0.15) is 0 Å². The quantitative estimate of drug-likeness (QED) is 0.598. The van der Waals surface area contributed by atoms with Gasteiger partial charge in [0.15, 0.2) is 0 Å². The zero-order valence-corrected chi connectivity index (χ0v) is 14.0. The Hall–Kier alpha value is -1.81. The lowest BCUT2D eigenvalue weighted by molar-refractivity contribution is -0.115. The van der Waals surface area contributed by atoms with Gasteiger partial charge in [-0.2, -0.15) is 0 Å². The van der Waals surface area contributed by atoms with Crippen LogP contribution < -0.4 is 11.1 Å². The van der Waals surface area contributed by atoms with Gasteiger partial charge in [0, 0.05) is 23.1 Å². The number of alkyl halides is 1. The van der Waals surface area contributed by atoms with Crippen LogP contribution >= 0.6 is 15.9 Å². The van der Waals surface area contributed by atoms with E-state index in [9.17, 15) is 4.79 Å². The lowest BCUT2D eigenvalue weighted by Crippen LogP contribution is -2.11. The molecule has 0 unspecified atom stereocenters. The molecule has 0 aliphatic heterocycles. The van der Waals surface area contributed by atoms with Gasteiger partial charge in [0.25, 0.3) is 0 Å². The van der Waals surface area contributed by atoms with Gasteiger partial charge in [0.05, 0.1) is 0 Å². The molecule has 0 atom stereocenters. The summed E-state index contributed by atoms with van der Waals surface area (Å²) in [7, 11) is 0. The van der Waals surface area contributed by atoms with Crippen LogP contribution in [0.2, 0.25) is 0 Å². The highest BCUT2D eigenvalue weighted by Gasteiger charge is 1.99. The highest BCUT2D eigenvalue weighted by Crippen LogP contribution is 2.08. The van der Waals surface area contributed by atoms with Crippen molar-refractivity contribution in [3.63, 3.8) is 0 Å². The van der Waals surface area contributed by atoms with Crippen molar-refractivity contribution in [1.82, 2.24) is 0 Å². The van der Waals surface area contributed by atoms with Crippen molar-refractivity contribution in [3.8, 4) is 0 Å². The molecule has 2 rings (SSSR count). The lowest BCUT2D eigenvalue weighted by Gasteiger charge is -2.03.